The molecule has 6 heterocycles. The van der Waals surface area contributed by atoms with Crippen LogP contribution < -0.4 is 0 Å². The summed E-state index contributed by atoms with van der Waals surface area (Å²) in [4.78, 5) is 11.8. The molecule has 6 rings (SSSR count). The minimum Gasteiger partial charge on any atom is -0.378 e. The minimum absolute atomic E-state index is 0.301. The van der Waals surface area contributed by atoms with Crippen LogP contribution in [0.5, 0.6) is 0 Å². The molecule has 0 saturated carbocycles. The first-order chi connectivity index (χ1) is 16.6. The lowest BCUT2D eigenvalue weighted by Crippen LogP contribution is -2.51. The van der Waals surface area contributed by atoms with Crippen LogP contribution in [0.25, 0.3) is 28.2 Å². The van der Waals surface area contributed by atoms with Crippen molar-refractivity contribution in [3.63, 3.8) is 0 Å². The summed E-state index contributed by atoms with van der Waals surface area (Å²) in [6.07, 6.45) is 7.93. The van der Waals surface area contributed by atoms with Crippen molar-refractivity contribution in [3.05, 3.63) is 53.7 Å². The van der Waals surface area contributed by atoms with Gasteiger partial charge < -0.3 is 4.74 Å². The monoisotopic (exact) mass is 457 g/mol. The SMILES string of the molecule is Cc1cc(-c2[nH]nc(-c3ccc(C4CCN(C5COC5)CC4)nc3)c2C(C)C)cn2ncnc12. The van der Waals surface area contributed by atoms with E-state index in [1.54, 1.807) is 6.33 Å². The smallest absolute Gasteiger partial charge is 0.158 e. The van der Waals surface area contributed by atoms with E-state index in [0.717, 1.165) is 72.9 Å². The first-order valence-electron chi connectivity index (χ1n) is 12.2. The fourth-order valence-corrected chi connectivity index (χ4v) is 5.36. The maximum Gasteiger partial charge on any atom is 0.158 e. The highest BCUT2D eigenvalue weighted by atomic mass is 16.5. The van der Waals surface area contributed by atoms with E-state index in [-0.39, 0.29) is 0 Å². The third kappa shape index (κ3) is 3.71. The van der Waals surface area contributed by atoms with Crippen LogP contribution >= 0.6 is 0 Å². The summed E-state index contributed by atoms with van der Waals surface area (Å²) in [5, 5.41) is 12.4. The average Bonchev–Trinajstić information content (AvgIpc) is 3.46. The van der Waals surface area contributed by atoms with Crippen molar-refractivity contribution in [3.8, 4) is 22.5 Å². The van der Waals surface area contributed by atoms with E-state index >= 15 is 0 Å². The predicted molar refractivity (Wildman–Crippen MR) is 131 cm³/mol. The van der Waals surface area contributed by atoms with Gasteiger partial charge in [0.1, 0.15) is 6.33 Å². The molecule has 8 heteroatoms. The molecule has 0 unspecified atom stereocenters. The van der Waals surface area contributed by atoms with E-state index in [1.165, 1.54) is 11.3 Å². The van der Waals surface area contributed by atoms with E-state index in [9.17, 15) is 0 Å². The minimum atomic E-state index is 0.301. The van der Waals surface area contributed by atoms with Crippen LogP contribution in [0, 0.1) is 6.92 Å². The summed E-state index contributed by atoms with van der Waals surface area (Å²) in [5.74, 6) is 0.831. The number of nitrogens with zero attached hydrogens (tertiary/aromatic N) is 6. The Balaban J connectivity index is 1.26. The van der Waals surface area contributed by atoms with Crippen LogP contribution in [0.2, 0.25) is 0 Å². The first-order valence-corrected chi connectivity index (χ1v) is 12.2. The van der Waals surface area contributed by atoms with Gasteiger partial charge in [-0.2, -0.15) is 10.2 Å². The highest BCUT2D eigenvalue weighted by Gasteiger charge is 2.30. The Morgan fingerprint density at radius 3 is 2.59 bits per heavy atom. The van der Waals surface area contributed by atoms with Crippen LogP contribution in [0.4, 0.5) is 0 Å². The summed E-state index contributed by atoms with van der Waals surface area (Å²) in [7, 11) is 0. The Morgan fingerprint density at radius 1 is 1.09 bits per heavy atom. The van der Waals surface area contributed by atoms with E-state index in [4.69, 9.17) is 14.8 Å². The molecule has 2 aliphatic rings. The van der Waals surface area contributed by atoms with Gasteiger partial charge in [0.15, 0.2) is 5.65 Å². The van der Waals surface area contributed by atoms with E-state index in [1.807, 2.05) is 16.9 Å². The van der Waals surface area contributed by atoms with Gasteiger partial charge in [-0.1, -0.05) is 13.8 Å². The predicted octanol–water partition coefficient (Wildman–Crippen LogP) is 4.19. The Morgan fingerprint density at radius 2 is 1.91 bits per heavy atom. The Bertz CT molecular complexity index is 1290. The van der Waals surface area contributed by atoms with E-state index in [2.05, 4.69) is 59.1 Å². The number of aromatic amines is 1. The van der Waals surface area contributed by atoms with Crippen molar-refractivity contribution in [2.24, 2.45) is 0 Å². The highest BCUT2D eigenvalue weighted by Crippen LogP contribution is 2.36. The Hall–Kier alpha value is -3.10. The van der Waals surface area contributed by atoms with Crippen LogP contribution in [0.15, 0.2) is 36.9 Å². The standard InChI is InChI=1S/C26H31N7O/c1-16(2)23-24(30-31-25(23)20-10-17(3)26-28-15-29-33(26)12-20)19-4-5-22(27-11-19)18-6-8-32(9-7-18)21-13-34-14-21/h4-5,10-12,15-16,18,21H,6-9,13-14H2,1-3H3,(H,30,31). The van der Waals surface area contributed by atoms with Gasteiger partial charge in [-0.05, 0) is 62.5 Å². The lowest BCUT2D eigenvalue weighted by Gasteiger charge is -2.41. The number of piperidine rings is 1. The molecular weight excluding hydrogens is 426 g/mol. The lowest BCUT2D eigenvalue weighted by atomic mass is 9.91. The second-order valence-corrected chi connectivity index (χ2v) is 9.93. The van der Waals surface area contributed by atoms with Crippen LogP contribution in [-0.2, 0) is 4.74 Å². The number of aryl methyl sites for hydroxylation is 1. The number of ether oxygens (including phenoxy) is 1. The van der Waals surface area contributed by atoms with Crippen molar-refractivity contribution in [2.45, 2.75) is 51.5 Å². The number of hydrogen-bond donors (Lipinski definition) is 1. The number of nitrogens with one attached hydrogen (secondary N) is 1. The molecule has 4 aromatic heterocycles. The number of aromatic nitrogens is 6. The summed E-state index contributed by atoms with van der Waals surface area (Å²) in [6.45, 7) is 10.5. The average molecular weight is 458 g/mol. The maximum atomic E-state index is 5.36. The molecule has 1 N–H and O–H groups in total. The summed E-state index contributed by atoms with van der Waals surface area (Å²) < 4.78 is 7.19. The molecule has 2 saturated heterocycles. The number of H-pyrrole nitrogens is 1. The van der Waals surface area contributed by atoms with E-state index < -0.39 is 0 Å². The van der Waals surface area contributed by atoms with E-state index in [0.29, 0.717) is 17.9 Å². The summed E-state index contributed by atoms with van der Waals surface area (Å²) in [6, 6.07) is 7.17. The number of rotatable bonds is 5. The highest BCUT2D eigenvalue weighted by molar-refractivity contribution is 5.75. The van der Waals surface area contributed by atoms with Gasteiger partial charge in [-0.15, -0.1) is 0 Å². The molecule has 0 bridgehead atoms. The molecule has 2 fully saturated rings. The normalized spacial score (nSPS) is 18.1. The topological polar surface area (TPSA) is 84.2 Å². The molecule has 8 nitrogen and oxygen atoms in total. The Labute approximate surface area is 199 Å². The van der Waals surface area contributed by atoms with Crippen molar-refractivity contribution >= 4 is 5.65 Å². The molecule has 0 aromatic carbocycles. The van der Waals surface area contributed by atoms with Gasteiger partial charge in [-0.3, -0.25) is 15.0 Å². The zero-order chi connectivity index (χ0) is 23.2. The first kappa shape index (κ1) is 21.4. The molecular formula is C26H31N7O. The van der Waals surface area contributed by atoms with Crippen LogP contribution in [0.3, 0.4) is 0 Å². The third-order valence-electron chi connectivity index (χ3n) is 7.37. The van der Waals surface area contributed by atoms with Gasteiger partial charge in [0.2, 0.25) is 0 Å². The second kappa shape index (κ2) is 8.60. The largest absolute Gasteiger partial charge is 0.378 e. The molecule has 2 aliphatic heterocycles. The molecule has 0 radical (unpaired) electrons. The van der Waals surface area contributed by atoms with Gasteiger partial charge in [-0.25, -0.2) is 9.50 Å². The summed E-state index contributed by atoms with van der Waals surface area (Å²) >= 11 is 0. The van der Waals surface area contributed by atoms with Crippen molar-refractivity contribution < 1.29 is 4.74 Å². The van der Waals surface area contributed by atoms with Crippen LogP contribution in [0.1, 0.15) is 55.3 Å². The fraction of sp³-hybridized carbons (Fsp3) is 0.462. The second-order valence-electron chi connectivity index (χ2n) is 9.93. The summed E-state index contributed by atoms with van der Waals surface area (Å²) in [5.41, 5.74) is 8.47. The lowest BCUT2D eigenvalue weighted by molar-refractivity contribution is -0.0713. The quantitative estimate of drug-likeness (QED) is 0.484. The molecule has 0 atom stereocenters. The molecule has 0 amide bonds. The van der Waals surface area contributed by atoms with Crippen molar-refractivity contribution in [1.82, 2.24) is 34.7 Å². The molecule has 0 aliphatic carbocycles. The fourth-order valence-electron chi connectivity index (χ4n) is 5.36. The Kier molecular flexibility index (Phi) is 5.42. The van der Waals surface area contributed by atoms with Crippen LogP contribution in [-0.4, -0.2) is 67.0 Å². The number of fused-ring (bicyclic) bond motifs is 1. The van der Waals surface area contributed by atoms with Gasteiger partial charge in [0, 0.05) is 40.7 Å². The molecule has 34 heavy (non-hydrogen) atoms. The number of likely N-dealkylation sites (tertiary alicyclic amines) is 1. The zero-order valence-corrected chi connectivity index (χ0v) is 20.0. The van der Waals surface area contributed by atoms with Gasteiger partial charge in [0.25, 0.3) is 0 Å². The molecule has 0 spiro atoms. The van der Waals surface area contributed by atoms with Crippen molar-refractivity contribution in [1.29, 1.82) is 0 Å². The maximum absolute atomic E-state index is 5.36. The third-order valence-corrected chi connectivity index (χ3v) is 7.37. The molecule has 176 valence electrons. The van der Waals surface area contributed by atoms with Gasteiger partial charge in [0.05, 0.1) is 30.6 Å². The van der Waals surface area contributed by atoms with Gasteiger partial charge >= 0.3 is 0 Å². The number of hydrogen-bond acceptors (Lipinski definition) is 6. The number of pyridine rings is 2. The zero-order valence-electron chi connectivity index (χ0n) is 20.0. The molecule has 4 aromatic rings. The van der Waals surface area contributed by atoms with Crippen molar-refractivity contribution in [2.75, 3.05) is 26.3 Å².